The number of hydrogen-bond donors (Lipinski definition) is 0. The summed E-state index contributed by atoms with van der Waals surface area (Å²) < 4.78 is 4.44. The summed E-state index contributed by atoms with van der Waals surface area (Å²) in [5, 5.41) is 0. The Balaban J connectivity index is -0.000000605. The molecule has 0 unspecified atom stereocenters. The molecule has 0 aliphatic heterocycles. The van der Waals surface area contributed by atoms with Crippen molar-refractivity contribution in [1.29, 1.82) is 0 Å². The number of rotatable bonds is 4. The van der Waals surface area contributed by atoms with Crippen LogP contribution in [-0.2, 0) is 47.0 Å². The van der Waals surface area contributed by atoms with E-state index in [1.165, 1.54) is 13.0 Å². The van der Waals surface area contributed by atoms with Gasteiger partial charge >= 0.3 is 38.7 Å². The molecule has 0 aliphatic rings. The molecule has 4 heteroatoms. The van der Waals surface area contributed by atoms with Crippen molar-refractivity contribution in [2.45, 2.75) is 6.92 Å². The van der Waals surface area contributed by atoms with Gasteiger partial charge in [-0.1, -0.05) is 5.76 Å². The Hall–Kier alpha value is -0.536. The van der Waals surface area contributed by atoms with E-state index in [0.29, 0.717) is 6.29 Å². The largest absolute Gasteiger partial charge is 3.00 e. The molecule has 0 spiro atoms. The van der Waals surface area contributed by atoms with Crippen LogP contribution in [0.5, 0.6) is 0 Å². The third-order valence-electron chi connectivity index (χ3n) is 0.941. The first kappa shape index (κ1) is 19.1. The fourth-order valence-electron chi connectivity index (χ4n) is 0.497. The van der Waals surface area contributed by atoms with Crippen LogP contribution >= 0.6 is 0 Å². The molecular weight excluding hydrogens is 257 g/mol. The molecule has 0 N–H and O–H groups in total. The van der Waals surface area contributed by atoms with Crippen LogP contribution in [0.1, 0.15) is 6.92 Å². The second-order valence-electron chi connectivity index (χ2n) is 1.89. The van der Waals surface area contributed by atoms with Gasteiger partial charge in [0.25, 0.3) is 0 Å². The monoisotopic (exact) mass is 268 g/mol. The van der Waals surface area contributed by atoms with E-state index in [2.05, 4.69) is 4.74 Å². The standard InChI is InChI=1S/C9H8O3.CH3.Y/c1-4-5-9(6-10)7(2)12-8(3)11;;/h1-2,4-6H,3H3;1H3;/q-2;-1;+3. The molecule has 3 nitrogen and oxygen atoms in total. The van der Waals surface area contributed by atoms with Crippen molar-refractivity contribution in [2.24, 2.45) is 0 Å². The van der Waals surface area contributed by atoms with Gasteiger partial charge in [0.05, 0.1) is 6.29 Å². The average molecular weight is 268 g/mol. The molecule has 0 rings (SSSR count). The average Bonchev–Trinajstić information content (AvgIpc) is 1.98. The van der Waals surface area contributed by atoms with Crippen LogP contribution in [0, 0.1) is 20.6 Å². The van der Waals surface area contributed by atoms with E-state index >= 15 is 0 Å². The summed E-state index contributed by atoms with van der Waals surface area (Å²) in [4.78, 5) is 20.7. The minimum Gasteiger partial charge on any atom is -0.468 e. The van der Waals surface area contributed by atoms with Crippen molar-refractivity contribution < 1.29 is 47.0 Å². The zero-order valence-electron chi connectivity index (χ0n) is 8.19. The van der Waals surface area contributed by atoms with Gasteiger partial charge in [0.1, 0.15) is 0 Å². The van der Waals surface area contributed by atoms with Gasteiger partial charge in [-0.3, -0.25) is 23.5 Å². The molecule has 0 aromatic rings. The fraction of sp³-hybridized carbons (Fsp3) is 0.100. The Morgan fingerprint density at radius 1 is 1.43 bits per heavy atom. The molecule has 14 heavy (non-hydrogen) atoms. The molecule has 0 radical (unpaired) electrons. The van der Waals surface area contributed by atoms with Crippen LogP contribution in [-0.4, -0.2) is 12.3 Å². The van der Waals surface area contributed by atoms with E-state index in [-0.39, 0.29) is 51.5 Å². The number of esters is 1. The van der Waals surface area contributed by atoms with E-state index < -0.39 is 5.97 Å². The van der Waals surface area contributed by atoms with Gasteiger partial charge in [-0.15, -0.1) is 0 Å². The maximum atomic E-state index is 10.4. The smallest absolute Gasteiger partial charge is 0.468 e. The Labute approximate surface area is 110 Å². The Kier molecular flexibility index (Phi) is 14.4. The third kappa shape index (κ3) is 8.08. The van der Waals surface area contributed by atoms with Crippen molar-refractivity contribution in [3.05, 3.63) is 44.1 Å². The van der Waals surface area contributed by atoms with Gasteiger partial charge in [-0.2, -0.15) is 5.57 Å². The SMILES string of the molecule is [CH-]=CC=C(C=O)C(=[CH-])OC(C)=O.[CH3-].[Y+3]. The summed E-state index contributed by atoms with van der Waals surface area (Å²) in [6.07, 6.45) is 2.81. The van der Waals surface area contributed by atoms with E-state index in [0.717, 1.165) is 6.08 Å². The number of carbonyl (C=O) groups excluding carboxylic acids is 2. The van der Waals surface area contributed by atoms with E-state index in [9.17, 15) is 9.59 Å². The van der Waals surface area contributed by atoms with E-state index in [1.807, 2.05) is 0 Å². The second kappa shape index (κ2) is 10.5. The molecular formula is C10H11O3Y. The Bertz CT molecular complexity index is 254. The van der Waals surface area contributed by atoms with E-state index in [4.69, 9.17) is 13.2 Å². The minimum absolute atomic E-state index is 0. The molecule has 0 saturated heterocycles. The van der Waals surface area contributed by atoms with Gasteiger partial charge in [0.15, 0.2) is 0 Å². The molecule has 0 aliphatic carbocycles. The van der Waals surface area contributed by atoms with Crippen molar-refractivity contribution in [3.8, 4) is 0 Å². The number of carbonyl (C=O) groups is 2. The van der Waals surface area contributed by atoms with Crippen LogP contribution < -0.4 is 0 Å². The predicted molar refractivity (Wildman–Crippen MR) is 49.0 cm³/mol. The quantitative estimate of drug-likeness (QED) is 0.193. The summed E-state index contributed by atoms with van der Waals surface area (Å²) in [6, 6.07) is 0. The first-order chi connectivity index (χ1) is 5.61. The molecule has 0 fully saturated rings. The molecule has 0 aromatic heterocycles. The summed E-state index contributed by atoms with van der Waals surface area (Å²) in [5.74, 6) is -0.837. The van der Waals surface area contributed by atoms with Gasteiger partial charge in [0.2, 0.25) is 0 Å². The molecule has 0 aromatic carbocycles. The number of aldehydes is 1. The molecule has 0 bridgehead atoms. The summed E-state index contributed by atoms with van der Waals surface area (Å²) in [6.45, 7) is 11.4. The topological polar surface area (TPSA) is 43.4 Å². The van der Waals surface area contributed by atoms with Crippen LogP contribution in [0.3, 0.4) is 0 Å². The fourth-order valence-corrected chi connectivity index (χ4v) is 0.497. The Morgan fingerprint density at radius 2 is 1.93 bits per heavy atom. The van der Waals surface area contributed by atoms with Crippen molar-refractivity contribution in [3.63, 3.8) is 0 Å². The number of hydrogen-bond acceptors (Lipinski definition) is 3. The maximum Gasteiger partial charge on any atom is 3.00 e. The zero-order chi connectivity index (χ0) is 9.56. The van der Waals surface area contributed by atoms with Crippen molar-refractivity contribution in [1.82, 2.24) is 0 Å². The summed E-state index contributed by atoms with van der Waals surface area (Å²) >= 11 is 0. The molecule has 0 heterocycles. The zero-order valence-corrected chi connectivity index (χ0v) is 11.0. The maximum absolute atomic E-state index is 10.4. The molecule has 0 saturated carbocycles. The summed E-state index contributed by atoms with van der Waals surface area (Å²) in [7, 11) is 0. The first-order valence-electron chi connectivity index (χ1n) is 3.13. The normalized spacial score (nSPS) is 8.79. The first-order valence-corrected chi connectivity index (χ1v) is 3.13. The van der Waals surface area contributed by atoms with E-state index in [1.54, 1.807) is 0 Å². The van der Waals surface area contributed by atoms with Gasteiger partial charge in [-0.05, 0) is 0 Å². The summed E-state index contributed by atoms with van der Waals surface area (Å²) in [5.41, 5.74) is 0.0349. The molecule has 0 amide bonds. The van der Waals surface area contributed by atoms with Crippen LogP contribution in [0.4, 0.5) is 0 Å². The molecule has 0 atom stereocenters. The van der Waals surface area contributed by atoms with Crippen LogP contribution in [0.25, 0.3) is 0 Å². The van der Waals surface area contributed by atoms with Crippen LogP contribution in [0.15, 0.2) is 23.5 Å². The number of ether oxygens (including phenoxy) is 1. The number of allylic oxidation sites excluding steroid dienone is 3. The minimum atomic E-state index is -0.586. The van der Waals surface area contributed by atoms with Gasteiger partial charge in [0, 0.05) is 6.92 Å². The third-order valence-corrected chi connectivity index (χ3v) is 0.941. The second-order valence-corrected chi connectivity index (χ2v) is 1.89. The molecule has 72 valence electrons. The Morgan fingerprint density at radius 3 is 2.21 bits per heavy atom. The van der Waals surface area contributed by atoms with Crippen molar-refractivity contribution >= 4 is 12.3 Å². The van der Waals surface area contributed by atoms with Gasteiger partial charge < -0.3 is 17.0 Å². The van der Waals surface area contributed by atoms with Crippen LogP contribution in [0.2, 0.25) is 0 Å². The predicted octanol–water partition coefficient (Wildman–Crippen LogP) is 1.43. The van der Waals surface area contributed by atoms with Gasteiger partial charge in [-0.25, -0.2) is 6.58 Å². The van der Waals surface area contributed by atoms with Crippen molar-refractivity contribution in [2.75, 3.05) is 0 Å².